The molecule has 0 aliphatic rings. The van der Waals surface area contributed by atoms with Gasteiger partial charge in [0.25, 0.3) is 5.56 Å². The fraction of sp³-hybridized carbons (Fsp3) is 0.227. The third kappa shape index (κ3) is 4.31. The minimum Gasteiger partial charge on any atom is -0.324 e. The van der Waals surface area contributed by atoms with Crippen LogP contribution < -0.4 is 10.9 Å². The van der Waals surface area contributed by atoms with E-state index in [-0.39, 0.29) is 18.0 Å². The van der Waals surface area contributed by atoms with E-state index in [9.17, 15) is 9.59 Å². The lowest BCUT2D eigenvalue weighted by atomic mass is 10.0. The van der Waals surface area contributed by atoms with Gasteiger partial charge in [-0.2, -0.15) is 5.10 Å². The number of nitrogens with zero attached hydrogens (tertiary/aromatic N) is 2. The molecule has 27 heavy (non-hydrogen) atoms. The Labute approximate surface area is 158 Å². The lowest BCUT2D eigenvalue weighted by Crippen LogP contribution is -2.29. The fourth-order valence-corrected chi connectivity index (χ4v) is 2.91. The van der Waals surface area contributed by atoms with Crippen molar-refractivity contribution in [2.45, 2.75) is 34.2 Å². The van der Waals surface area contributed by atoms with Gasteiger partial charge in [-0.15, -0.1) is 0 Å². The fourth-order valence-electron chi connectivity index (χ4n) is 2.91. The van der Waals surface area contributed by atoms with Gasteiger partial charge in [0.1, 0.15) is 6.54 Å². The van der Waals surface area contributed by atoms with Gasteiger partial charge in [-0.05, 0) is 62.6 Å². The normalized spacial score (nSPS) is 10.7. The van der Waals surface area contributed by atoms with Gasteiger partial charge in [0.15, 0.2) is 0 Å². The van der Waals surface area contributed by atoms with Crippen molar-refractivity contribution < 1.29 is 4.79 Å². The first-order valence-electron chi connectivity index (χ1n) is 8.86. The highest BCUT2D eigenvalue weighted by Crippen LogP contribution is 2.21. The number of hydrogen-bond acceptors (Lipinski definition) is 3. The van der Waals surface area contributed by atoms with E-state index in [0.29, 0.717) is 5.69 Å². The summed E-state index contributed by atoms with van der Waals surface area (Å²) in [7, 11) is 0. The van der Waals surface area contributed by atoms with Crippen LogP contribution in [-0.2, 0) is 11.3 Å². The molecule has 1 heterocycles. The Hall–Kier alpha value is -3.21. The maximum absolute atomic E-state index is 12.5. The number of amides is 1. The molecule has 0 atom stereocenters. The predicted molar refractivity (Wildman–Crippen MR) is 108 cm³/mol. The number of aromatic nitrogens is 2. The highest BCUT2D eigenvalue weighted by atomic mass is 16.2. The molecule has 0 spiro atoms. The van der Waals surface area contributed by atoms with Gasteiger partial charge < -0.3 is 5.32 Å². The Balaban J connectivity index is 1.86. The molecule has 5 nitrogen and oxygen atoms in total. The number of rotatable bonds is 4. The second-order valence-corrected chi connectivity index (χ2v) is 6.90. The van der Waals surface area contributed by atoms with Gasteiger partial charge in [0.05, 0.1) is 5.69 Å². The topological polar surface area (TPSA) is 64.0 Å². The average molecular weight is 361 g/mol. The summed E-state index contributed by atoms with van der Waals surface area (Å²) in [6.07, 6.45) is 0. The predicted octanol–water partition coefficient (Wildman–Crippen LogP) is 3.78. The minimum atomic E-state index is -0.305. The number of carbonyl (C=O) groups excluding carboxylic acids is 1. The number of aryl methyl sites for hydroxylation is 4. The van der Waals surface area contributed by atoms with Crippen molar-refractivity contribution in [3.63, 3.8) is 0 Å². The molecule has 3 aromatic rings. The Morgan fingerprint density at radius 3 is 2.33 bits per heavy atom. The second-order valence-electron chi connectivity index (χ2n) is 6.90. The first-order valence-corrected chi connectivity index (χ1v) is 8.86. The number of nitrogens with one attached hydrogen (secondary N) is 1. The van der Waals surface area contributed by atoms with E-state index in [1.807, 2.05) is 64.1 Å². The summed E-state index contributed by atoms with van der Waals surface area (Å²) in [6.45, 7) is 7.77. The summed E-state index contributed by atoms with van der Waals surface area (Å²) in [5.74, 6) is -0.281. The van der Waals surface area contributed by atoms with E-state index in [4.69, 9.17) is 0 Å². The summed E-state index contributed by atoms with van der Waals surface area (Å²) >= 11 is 0. The molecule has 0 unspecified atom stereocenters. The largest absolute Gasteiger partial charge is 0.324 e. The van der Waals surface area contributed by atoms with Gasteiger partial charge >= 0.3 is 0 Å². The zero-order valence-corrected chi connectivity index (χ0v) is 16.0. The maximum Gasteiger partial charge on any atom is 0.267 e. The molecule has 1 amide bonds. The van der Waals surface area contributed by atoms with Crippen molar-refractivity contribution in [2.75, 3.05) is 5.32 Å². The summed E-state index contributed by atoms with van der Waals surface area (Å²) in [6, 6.07) is 15.1. The van der Waals surface area contributed by atoms with Crippen LogP contribution in [0.2, 0.25) is 0 Å². The van der Waals surface area contributed by atoms with Crippen molar-refractivity contribution in [3.8, 4) is 11.3 Å². The van der Waals surface area contributed by atoms with Gasteiger partial charge in [0.2, 0.25) is 5.91 Å². The molecule has 0 bridgehead atoms. The molecule has 1 N–H and O–H groups in total. The average Bonchev–Trinajstić information content (AvgIpc) is 2.62. The zero-order valence-electron chi connectivity index (χ0n) is 16.0. The SMILES string of the molecule is Cc1ccc(C)c(NC(=O)Cn2nc(-c3cc(C)ccc3C)ccc2=O)c1. The monoisotopic (exact) mass is 361 g/mol. The maximum atomic E-state index is 12.5. The molecule has 0 fully saturated rings. The Morgan fingerprint density at radius 2 is 1.59 bits per heavy atom. The highest BCUT2D eigenvalue weighted by Gasteiger charge is 2.11. The van der Waals surface area contributed by atoms with E-state index in [1.165, 1.54) is 10.7 Å². The quantitative estimate of drug-likeness (QED) is 0.769. The standard InChI is InChI=1S/C22H23N3O2/c1-14-5-7-16(3)18(11-14)19-9-10-22(27)25(24-19)13-21(26)23-20-12-15(2)6-8-17(20)4/h5-12H,13H2,1-4H3,(H,23,26). The third-order valence-electron chi connectivity index (χ3n) is 4.50. The highest BCUT2D eigenvalue weighted by molar-refractivity contribution is 5.91. The van der Waals surface area contributed by atoms with Crippen LogP contribution in [0.4, 0.5) is 5.69 Å². The van der Waals surface area contributed by atoms with Crippen LogP contribution in [-0.4, -0.2) is 15.7 Å². The number of hydrogen-bond donors (Lipinski definition) is 1. The van der Waals surface area contributed by atoms with Crippen LogP contribution in [0, 0.1) is 27.7 Å². The third-order valence-corrected chi connectivity index (χ3v) is 4.50. The van der Waals surface area contributed by atoms with E-state index in [2.05, 4.69) is 10.4 Å². The lowest BCUT2D eigenvalue weighted by molar-refractivity contribution is -0.117. The molecular weight excluding hydrogens is 338 g/mol. The van der Waals surface area contributed by atoms with Crippen molar-refractivity contribution in [2.24, 2.45) is 0 Å². The van der Waals surface area contributed by atoms with Gasteiger partial charge in [0, 0.05) is 17.3 Å². The van der Waals surface area contributed by atoms with Gasteiger partial charge in [-0.3, -0.25) is 9.59 Å². The van der Waals surface area contributed by atoms with Gasteiger partial charge in [-0.25, -0.2) is 4.68 Å². The molecule has 0 aliphatic carbocycles. The Kier molecular flexibility index (Phi) is 5.21. The lowest BCUT2D eigenvalue weighted by Gasteiger charge is -2.12. The Bertz CT molecular complexity index is 1070. The summed E-state index contributed by atoms with van der Waals surface area (Å²) in [4.78, 5) is 24.6. The van der Waals surface area contributed by atoms with Crippen LogP contribution in [0.25, 0.3) is 11.3 Å². The van der Waals surface area contributed by atoms with Gasteiger partial charge in [-0.1, -0.05) is 29.8 Å². The molecule has 1 aromatic heterocycles. The molecule has 138 valence electrons. The number of carbonyl (C=O) groups is 1. The first kappa shape index (κ1) is 18.6. The van der Waals surface area contributed by atoms with E-state index in [1.54, 1.807) is 6.07 Å². The molecule has 3 rings (SSSR count). The first-order chi connectivity index (χ1) is 12.8. The Morgan fingerprint density at radius 1 is 0.926 bits per heavy atom. The molecular formula is C22H23N3O2. The van der Waals surface area contributed by atoms with Crippen molar-refractivity contribution in [1.29, 1.82) is 0 Å². The van der Waals surface area contributed by atoms with E-state index >= 15 is 0 Å². The summed E-state index contributed by atoms with van der Waals surface area (Å²) < 4.78 is 1.21. The van der Waals surface area contributed by atoms with Crippen LogP contribution in [0.3, 0.4) is 0 Å². The minimum absolute atomic E-state index is 0.134. The molecule has 0 saturated carbocycles. The number of benzene rings is 2. The molecule has 2 aromatic carbocycles. The van der Waals surface area contributed by atoms with Crippen LogP contribution in [0.15, 0.2) is 53.3 Å². The molecule has 0 aliphatic heterocycles. The van der Waals surface area contributed by atoms with Crippen LogP contribution in [0.1, 0.15) is 22.3 Å². The molecule has 0 saturated heterocycles. The second kappa shape index (κ2) is 7.58. The van der Waals surface area contributed by atoms with E-state index in [0.717, 1.165) is 33.5 Å². The van der Waals surface area contributed by atoms with Crippen LogP contribution >= 0.6 is 0 Å². The summed E-state index contributed by atoms with van der Waals surface area (Å²) in [5.41, 5.74) is 6.29. The molecule has 0 radical (unpaired) electrons. The van der Waals surface area contributed by atoms with Crippen molar-refractivity contribution in [1.82, 2.24) is 9.78 Å². The summed E-state index contributed by atoms with van der Waals surface area (Å²) in [5, 5.41) is 7.28. The molecule has 5 heteroatoms. The number of anilines is 1. The van der Waals surface area contributed by atoms with Crippen LogP contribution in [0.5, 0.6) is 0 Å². The smallest absolute Gasteiger partial charge is 0.267 e. The zero-order chi connectivity index (χ0) is 19.6. The van der Waals surface area contributed by atoms with Crippen molar-refractivity contribution >= 4 is 11.6 Å². The van der Waals surface area contributed by atoms with Crippen molar-refractivity contribution in [3.05, 3.63) is 81.1 Å². The van der Waals surface area contributed by atoms with E-state index < -0.39 is 0 Å².